The van der Waals surface area contributed by atoms with Crippen molar-refractivity contribution in [2.75, 3.05) is 21.3 Å². The summed E-state index contributed by atoms with van der Waals surface area (Å²) in [4.78, 5) is 12.8. The van der Waals surface area contributed by atoms with Crippen LogP contribution in [0, 0.1) is 5.82 Å². The maximum Gasteiger partial charge on any atom is 0.342 e. The molecule has 1 atom stereocenters. The minimum absolute atomic E-state index is 0.145. The van der Waals surface area contributed by atoms with Gasteiger partial charge in [0.15, 0.2) is 11.5 Å². The zero-order valence-electron chi connectivity index (χ0n) is 18.4. The van der Waals surface area contributed by atoms with Crippen molar-refractivity contribution < 1.29 is 37.6 Å². The molecule has 0 spiro atoms. The lowest BCUT2D eigenvalue weighted by Gasteiger charge is -2.28. The highest BCUT2D eigenvalue weighted by Gasteiger charge is 2.26. The molecule has 0 aromatic heterocycles. The molecule has 1 aliphatic rings. The average Bonchev–Trinajstić information content (AvgIpc) is 2.86. The first-order chi connectivity index (χ1) is 16.0. The van der Waals surface area contributed by atoms with Crippen molar-refractivity contribution in [1.82, 2.24) is 0 Å². The Morgan fingerprint density at radius 3 is 2.36 bits per heavy atom. The van der Waals surface area contributed by atoms with Crippen LogP contribution in [-0.4, -0.2) is 27.3 Å². The summed E-state index contributed by atoms with van der Waals surface area (Å²) in [6.45, 7) is -0.0466. The largest absolute Gasteiger partial charge is 0.496 e. The van der Waals surface area contributed by atoms with Crippen molar-refractivity contribution in [3.63, 3.8) is 0 Å². The van der Waals surface area contributed by atoms with E-state index in [4.69, 9.17) is 28.4 Å². The van der Waals surface area contributed by atoms with Gasteiger partial charge in [-0.15, -0.1) is 0 Å². The maximum absolute atomic E-state index is 14.2. The smallest absolute Gasteiger partial charge is 0.342 e. The van der Waals surface area contributed by atoms with Gasteiger partial charge in [-0.25, -0.2) is 9.18 Å². The molecular formula is C25H23FO7. The molecule has 0 unspecified atom stereocenters. The molecule has 0 radical (unpaired) electrons. The van der Waals surface area contributed by atoms with Gasteiger partial charge in [0.05, 0.1) is 27.9 Å². The van der Waals surface area contributed by atoms with E-state index in [9.17, 15) is 9.18 Å². The third kappa shape index (κ3) is 4.70. The highest BCUT2D eigenvalue weighted by Crippen LogP contribution is 2.38. The van der Waals surface area contributed by atoms with Crippen LogP contribution in [0.25, 0.3) is 0 Å². The van der Waals surface area contributed by atoms with Crippen molar-refractivity contribution in [1.29, 1.82) is 0 Å². The standard InChI is InChI=1S/C25H23FO7/c1-28-20-12-22(30-3)21(29-2)11-19(20)24(27)31-13-16-9-18(26)10-17-14-32-25(33-23(16)17)15-7-5-4-6-8-15/h4-12,25H,13-14H2,1-3H3/t25-/m1/s1. The van der Waals surface area contributed by atoms with Gasteiger partial charge >= 0.3 is 5.97 Å². The number of methoxy groups -OCH3 is 3. The molecule has 4 rings (SSSR count). The Hall–Kier alpha value is -3.78. The van der Waals surface area contributed by atoms with E-state index in [1.807, 2.05) is 30.3 Å². The molecule has 0 saturated heterocycles. The molecule has 0 N–H and O–H groups in total. The number of esters is 1. The molecule has 33 heavy (non-hydrogen) atoms. The van der Waals surface area contributed by atoms with Gasteiger partial charge < -0.3 is 28.4 Å². The van der Waals surface area contributed by atoms with E-state index in [0.717, 1.165) is 5.56 Å². The third-order valence-corrected chi connectivity index (χ3v) is 5.18. The molecular weight excluding hydrogens is 431 g/mol. The molecule has 0 saturated carbocycles. The van der Waals surface area contributed by atoms with Gasteiger partial charge in [-0.05, 0) is 12.1 Å². The van der Waals surface area contributed by atoms with Crippen LogP contribution in [0.4, 0.5) is 4.39 Å². The second-order valence-electron chi connectivity index (χ2n) is 7.21. The van der Waals surface area contributed by atoms with Crippen LogP contribution >= 0.6 is 0 Å². The number of fused-ring (bicyclic) bond motifs is 1. The van der Waals surface area contributed by atoms with Crippen LogP contribution in [0.1, 0.15) is 33.3 Å². The summed E-state index contributed by atoms with van der Waals surface area (Å²) in [6, 6.07) is 15.0. The molecule has 1 aliphatic heterocycles. The predicted octanol–water partition coefficient (Wildman–Crippen LogP) is 4.82. The van der Waals surface area contributed by atoms with Crippen molar-refractivity contribution in [2.45, 2.75) is 19.5 Å². The van der Waals surface area contributed by atoms with Gasteiger partial charge in [0.2, 0.25) is 6.29 Å². The molecule has 0 aliphatic carbocycles. The molecule has 172 valence electrons. The minimum Gasteiger partial charge on any atom is -0.496 e. The van der Waals surface area contributed by atoms with Crippen molar-refractivity contribution in [3.8, 4) is 23.0 Å². The molecule has 8 heteroatoms. The summed E-state index contributed by atoms with van der Waals surface area (Å²) in [7, 11) is 4.37. The van der Waals surface area contributed by atoms with E-state index in [1.165, 1.54) is 45.6 Å². The summed E-state index contributed by atoms with van der Waals surface area (Å²) < 4.78 is 47.3. The molecule has 0 bridgehead atoms. The fourth-order valence-electron chi connectivity index (χ4n) is 3.57. The van der Waals surface area contributed by atoms with E-state index in [1.54, 1.807) is 0 Å². The monoisotopic (exact) mass is 454 g/mol. The fourth-order valence-corrected chi connectivity index (χ4v) is 3.57. The third-order valence-electron chi connectivity index (χ3n) is 5.18. The van der Waals surface area contributed by atoms with E-state index >= 15 is 0 Å². The number of ether oxygens (including phenoxy) is 6. The number of halogens is 1. The van der Waals surface area contributed by atoms with Crippen LogP contribution in [-0.2, 0) is 22.7 Å². The number of rotatable bonds is 7. The van der Waals surface area contributed by atoms with E-state index in [0.29, 0.717) is 28.4 Å². The van der Waals surface area contributed by atoms with Crippen molar-refractivity contribution in [3.05, 3.63) is 82.7 Å². The number of carbonyl (C=O) groups excluding carboxylic acids is 1. The number of benzene rings is 3. The quantitative estimate of drug-likeness (QED) is 0.474. The summed E-state index contributed by atoms with van der Waals surface area (Å²) in [6.07, 6.45) is -0.649. The highest BCUT2D eigenvalue weighted by molar-refractivity contribution is 5.93. The predicted molar refractivity (Wildman–Crippen MR) is 116 cm³/mol. The lowest BCUT2D eigenvalue weighted by Crippen LogP contribution is -2.20. The molecule has 3 aromatic rings. The van der Waals surface area contributed by atoms with Crippen LogP contribution in [0.15, 0.2) is 54.6 Å². The highest BCUT2D eigenvalue weighted by atomic mass is 19.1. The Bertz CT molecular complexity index is 1150. The van der Waals surface area contributed by atoms with Gasteiger partial charge in [-0.2, -0.15) is 0 Å². The Labute approximate surface area is 190 Å². The molecule has 0 fully saturated rings. The maximum atomic E-state index is 14.2. The summed E-state index contributed by atoms with van der Waals surface area (Å²) in [5.74, 6) is 0.299. The minimum atomic E-state index is -0.669. The SMILES string of the molecule is COc1cc(OC)c(C(=O)OCc2cc(F)cc3c2O[C@H](c2ccccc2)OC3)cc1OC. The van der Waals surface area contributed by atoms with Gasteiger partial charge in [0.1, 0.15) is 29.5 Å². The number of hydrogen-bond donors (Lipinski definition) is 0. The first-order valence-electron chi connectivity index (χ1n) is 10.2. The summed E-state index contributed by atoms with van der Waals surface area (Å²) in [5, 5.41) is 0. The molecule has 1 heterocycles. The topological polar surface area (TPSA) is 72.5 Å². The van der Waals surface area contributed by atoms with Gasteiger partial charge in [-0.3, -0.25) is 0 Å². The Morgan fingerprint density at radius 1 is 0.970 bits per heavy atom. The van der Waals surface area contributed by atoms with Gasteiger partial charge in [0, 0.05) is 28.8 Å². The van der Waals surface area contributed by atoms with E-state index in [-0.39, 0.29) is 24.5 Å². The van der Waals surface area contributed by atoms with E-state index < -0.39 is 18.1 Å². The second kappa shape index (κ2) is 9.79. The number of hydrogen-bond acceptors (Lipinski definition) is 7. The first-order valence-corrected chi connectivity index (χ1v) is 10.2. The molecule has 0 amide bonds. The lowest BCUT2D eigenvalue weighted by molar-refractivity contribution is -0.112. The number of carbonyl (C=O) groups is 1. The molecule has 7 nitrogen and oxygen atoms in total. The van der Waals surface area contributed by atoms with Crippen LogP contribution < -0.4 is 18.9 Å². The average molecular weight is 454 g/mol. The summed E-state index contributed by atoms with van der Waals surface area (Å²) in [5.41, 5.74) is 1.90. The zero-order valence-corrected chi connectivity index (χ0v) is 18.4. The zero-order chi connectivity index (χ0) is 23.4. The Morgan fingerprint density at radius 2 is 1.67 bits per heavy atom. The van der Waals surface area contributed by atoms with Crippen LogP contribution in [0.3, 0.4) is 0 Å². The van der Waals surface area contributed by atoms with E-state index in [2.05, 4.69) is 0 Å². The fraction of sp³-hybridized carbons (Fsp3) is 0.240. The lowest BCUT2D eigenvalue weighted by atomic mass is 10.1. The first kappa shape index (κ1) is 22.4. The van der Waals surface area contributed by atoms with Gasteiger partial charge in [-0.1, -0.05) is 30.3 Å². The van der Waals surface area contributed by atoms with Gasteiger partial charge in [0.25, 0.3) is 0 Å². The van der Waals surface area contributed by atoms with Crippen LogP contribution in [0.2, 0.25) is 0 Å². The Balaban J connectivity index is 1.57. The summed E-state index contributed by atoms with van der Waals surface area (Å²) >= 11 is 0. The molecule has 3 aromatic carbocycles. The van der Waals surface area contributed by atoms with Crippen LogP contribution in [0.5, 0.6) is 23.0 Å². The second-order valence-corrected chi connectivity index (χ2v) is 7.21. The Kier molecular flexibility index (Phi) is 6.65. The normalized spacial score (nSPS) is 14.6. The van der Waals surface area contributed by atoms with Crippen molar-refractivity contribution >= 4 is 5.97 Å². The van der Waals surface area contributed by atoms with Crippen molar-refractivity contribution in [2.24, 2.45) is 0 Å².